The summed E-state index contributed by atoms with van der Waals surface area (Å²) in [5.41, 5.74) is 0.381. The fourth-order valence-electron chi connectivity index (χ4n) is 3.93. The van der Waals surface area contributed by atoms with Crippen LogP contribution >= 0.6 is 0 Å². The van der Waals surface area contributed by atoms with Gasteiger partial charge in [-0.15, -0.1) is 0 Å². The predicted molar refractivity (Wildman–Crippen MR) is 91.7 cm³/mol. The van der Waals surface area contributed by atoms with Crippen LogP contribution in [0, 0.1) is 5.82 Å². The van der Waals surface area contributed by atoms with Crippen LogP contribution in [-0.4, -0.2) is 60.0 Å². The molecule has 0 atom stereocenters. The number of hydrogen-bond donors (Lipinski definition) is 0. The molecule has 0 spiro atoms. The van der Waals surface area contributed by atoms with E-state index in [0.29, 0.717) is 31.9 Å². The quantitative estimate of drug-likeness (QED) is 0.843. The summed E-state index contributed by atoms with van der Waals surface area (Å²) in [6.07, 6.45) is 3.28. The van der Waals surface area contributed by atoms with Crippen molar-refractivity contribution in [3.8, 4) is 0 Å². The highest BCUT2D eigenvalue weighted by atomic mass is 19.1. The molecule has 2 heterocycles. The van der Waals surface area contributed by atoms with Gasteiger partial charge in [0.25, 0.3) is 5.91 Å². The third-order valence-electron chi connectivity index (χ3n) is 5.16. The van der Waals surface area contributed by atoms with E-state index in [9.17, 15) is 14.0 Å². The smallest absolute Gasteiger partial charge is 0.253 e. The first-order valence-corrected chi connectivity index (χ1v) is 8.98. The SMILES string of the molecule is CC(=O)N(C1CCOCC1)C1CCN(C(=O)c2cccc(F)c2)CC1. The van der Waals surface area contributed by atoms with Gasteiger partial charge < -0.3 is 14.5 Å². The minimum absolute atomic E-state index is 0.0989. The summed E-state index contributed by atoms with van der Waals surface area (Å²) in [4.78, 5) is 28.5. The first kappa shape index (κ1) is 17.9. The molecule has 1 aromatic rings. The molecule has 0 bridgehead atoms. The fraction of sp³-hybridized carbons (Fsp3) is 0.579. The number of carbonyl (C=O) groups is 2. The van der Waals surface area contributed by atoms with Crippen LogP contribution in [0.2, 0.25) is 0 Å². The Balaban J connectivity index is 1.62. The maximum Gasteiger partial charge on any atom is 0.253 e. The molecule has 2 amide bonds. The van der Waals surface area contributed by atoms with Crippen molar-refractivity contribution in [2.24, 2.45) is 0 Å². The zero-order chi connectivity index (χ0) is 17.8. The number of rotatable bonds is 3. The normalized spacial score (nSPS) is 19.7. The van der Waals surface area contributed by atoms with Crippen LogP contribution in [0.25, 0.3) is 0 Å². The summed E-state index contributed by atoms with van der Waals surface area (Å²) in [6, 6.07) is 6.21. The van der Waals surface area contributed by atoms with Gasteiger partial charge in [0, 0.05) is 50.9 Å². The lowest BCUT2D eigenvalue weighted by atomic mass is 9.97. The van der Waals surface area contributed by atoms with Crippen molar-refractivity contribution in [2.75, 3.05) is 26.3 Å². The number of carbonyl (C=O) groups excluding carboxylic acids is 2. The lowest BCUT2D eigenvalue weighted by Gasteiger charge is -2.43. The van der Waals surface area contributed by atoms with E-state index in [1.165, 1.54) is 12.1 Å². The van der Waals surface area contributed by atoms with E-state index in [4.69, 9.17) is 4.74 Å². The number of nitrogens with zero attached hydrogens (tertiary/aromatic N) is 2. The second-order valence-corrected chi connectivity index (χ2v) is 6.80. The molecule has 0 aliphatic carbocycles. The molecule has 1 aromatic carbocycles. The Morgan fingerprint density at radius 1 is 1.12 bits per heavy atom. The fourth-order valence-corrected chi connectivity index (χ4v) is 3.93. The van der Waals surface area contributed by atoms with Crippen LogP contribution in [0.1, 0.15) is 43.0 Å². The summed E-state index contributed by atoms with van der Waals surface area (Å²) in [6.45, 7) is 4.20. The Hall–Kier alpha value is -1.95. The first-order valence-electron chi connectivity index (χ1n) is 8.98. The van der Waals surface area contributed by atoms with Gasteiger partial charge in [-0.25, -0.2) is 4.39 Å². The van der Waals surface area contributed by atoms with Crippen molar-refractivity contribution < 1.29 is 18.7 Å². The van der Waals surface area contributed by atoms with Crippen LogP contribution in [0.5, 0.6) is 0 Å². The Morgan fingerprint density at radius 2 is 1.76 bits per heavy atom. The van der Waals surface area contributed by atoms with Gasteiger partial charge in [0.1, 0.15) is 5.82 Å². The zero-order valence-electron chi connectivity index (χ0n) is 14.6. The van der Waals surface area contributed by atoms with Gasteiger partial charge in [-0.2, -0.15) is 0 Å². The standard InChI is InChI=1S/C19H25FN2O3/c1-14(23)22(18-7-11-25-12-8-18)17-5-9-21(10-6-17)19(24)15-3-2-4-16(20)13-15/h2-4,13,17-18H,5-12H2,1H3. The third kappa shape index (κ3) is 4.18. The van der Waals surface area contributed by atoms with Crippen molar-refractivity contribution in [3.63, 3.8) is 0 Å². The summed E-state index contributed by atoms with van der Waals surface area (Å²) in [5, 5.41) is 0. The number of ether oxygens (including phenoxy) is 1. The Labute approximate surface area is 147 Å². The molecule has 0 aromatic heterocycles. The highest BCUT2D eigenvalue weighted by Gasteiger charge is 2.33. The molecule has 0 radical (unpaired) electrons. The summed E-state index contributed by atoms with van der Waals surface area (Å²) < 4.78 is 18.7. The van der Waals surface area contributed by atoms with Gasteiger partial charge in [0.05, 0.1) is 0 Å². The van der Waals surface area contributed by atoms with Crippen LogP contribution in [0.4, 0.5) is 4.39 Å². The number of likely N-dealkylation sites (tertiary alicyclic amines) is 1. The molecular weight excluding hydrogens is 323 g/mol. The van der Waals surface area contributed by atoms with E-state index in [2.05, 4.69) is 0 Å². The molecule has 2 aliphatic heterocycles. The molecule has 0 unspecified atom stereocenters. The second-order valence-electron chi connectivity index (χ2n) is 6.80. The Bertz CT molecular complexity index is 623. The molecule has 5 nitrogen and oxygen atoms in total. The van der Waals surface area contributed by atoms with Gasteiger partial charge in [-0.1, -0.05) is 6.07 Å². The molecule has 2 aliphatic rings. The second kappa shape index (κ2) is 7.95. The molecule has 0 N–H and O–H groups in total. The van der Waals surface area contributed by atoms with Crippen LogP contribution in [0.15, 0.2) is 24.3 Å². The van der Waals surface area contributed by atoms with Gasteiger partial charge in [0.2, 0.25) is 5.91 Å². The number of benzene rings is 1. The highest BCUT2D eigenvalue weighted by Crippen LogP contribution is 2.24. The predicted octanol–water partition coefficient (Wildman–Crippen LogP) is 2.46. The van der Waals surface area contributed by atoms with Gasteiger partial charge in [-0.05, 0) is 43.9 Å². The summed E-state index contributed by atoms with van der Waals surface area (Å²) >= 11 is 0. The summed E-state index contributed by atoms with van der Waals surface area (Å²) in [5.74, 6) is -0.441. The Kier molecular flexibility index (Phi) is 5.68. The number of hydrogen-bond acceptors (Lipinski definition) is 3. The first-order chi connectivity index (χ1) is 12.1. The van der Waals surface area contributed by atoms with E-state index < -0.39 is 5.82 Å². The average Bonchev–Trinajstić information content (AvgIpc) is 2.62. The minimum Gasteiger partial charge on any atom is -0.381 e. The monoisotopic (exact) mass is 348 g/mol. The maximum absolute atomic E-state index is 13.3. The minimum atomic E-state index is -0.400. The molecule has 3 rings (SSSR count). The van der Waals surface area contributed by atoms with E-state index >= 15 is 0 Å². The van der Waals surface area contributed by atoms with E-state index in [1.807, 2.05) is 4.90 Å². The van der Waals surface area contributed by atoms with Gasteiger partial charge >= 0.3 is 0 Å². The zero-order valence-corrected chi connectivity index (χ0v) is 14.6. The van der Waals surface area contributed by atoms with E-state index in [1.54, 1.807) is 24.0 Å². The lowest BCUT2D eigenvalue weighted by Crippen LogP contribution is -2.53. The Morgan fingerprint density at radius 3 is 2.36 bits per heavy atom. The molecule has 2 fully saturated rings. The van der Waals surface area contributed by atoms with Crippen LogP contribution < -0.4 is 0 Å². The van der Waals surface area contributed by atoms with Crippen LogP contribution in [0.3, 0.4) is 0 Å². The van der Waals surface area contributed by atoms with Crippen molar-refractivity contribution in [3.05, 3.63) is 35.6 Å². The van der Waals surface area contributed by atoms with Crippen molar-refractivity contribution >= 4 is 11.8 Å². The topological polar surface area (TPSA) is 49.9 Å². The molecule has 2 saturated heterocycles. The van der Waals surface area contributed by atoms with E-state index in [0.717, 1.165) is 25.7 Å². The number of piperidine rings is 1. The molecular formula is C19H25FN2O3. The van der Waals surface area contributed by atoms with Gasteiger partial charge in [-0.3, -0.25) is 9.59 Å². The average molecular weight is 348 g/mol. The van der Waals surface area contributed by atoms with Crippen LogP contribution in [-0.2, 0) is 9.53 Å². The highest BCUT2D eigenvalue weighted by molar-refractivity contribution is 5.94. The van der Waals surface area contributed by atoms with E-state index in [-0.39, 0.29) is 23.9 Å². The largest absolute Gasteiger partial charge is 0.381 e. The number of amides is 2. The maximum atomic E-state index is 13.3. The molecule has 25 heavy (non-hydrogen) atoms. The third-order valence-corrected chi connectivity index (χ3v) is 5.16. The van der Waals surface area contributed by atoms with Crippen molar-refractivity contribution in [1.82, 2.24) is 9.80 Å². The lowest BCUT2D eigenvalue weighted by molar-refractivity contribution is -0.137. The van der Waals surface area contributed by atoms with Gasteiger partial charge in [0.15, 0.2) is 0 Å². The number of halogens is 1. The summed E-state index contributed by atoms with van der Waals surface area (Å²) in [7, 11) is 0. The molecule has 6 heteroatoms. The van der Waals surface area contributed by atoms with Crippen molar-refractivity contribution in [1.29, 1.82) is 0 Å². The molecule has 136 valence electrons. The molecule has 0 saturated carbocycles. The van der Waals surface area contributed by atoms with Crippen molar-refractivity contribution in [2.45, 2.75) is 44.7 Å².